The lowest BCUT2D eigenvalue weighted by Crippen LogP contribution is -2.29. The van der Waals surface area contributed by atoms with Crippen molar-refractivity contribution in [3.8, 4) is 17.2 Å². The Morgan fingerprint density at radius 2 is 1.53 bits per heavy atom. The van der Waals surface area contributed by atoms with Gasteiger partial charge in [0.05, 0.1) is 11.6 Å². The van der Waals surface area contributed by atoms with Crippen molar-refractivity contribution in [2.24, 2.45) is 0 Å². The van der Waals surface area contributed by atoms with Gasteiger partial charge in [-0.15, -0.1) is 0 Å². The minimum atomic E-state index is -0.861. The molecular weight excluding hydrogens is 542 g/mol. The predicted molar refractivity (Wildman–Crippen MR) is 165 cm³/mol. The molecule has 4 aromatic rings. The lowest BCUT2D eigenvalue weighted by molar-refractivity contribution is -0.140. The Hall–Kier alpha value is -5.04. The molecule has 1 atom stereocenters. The molecule has 0 radical (unpaired) electrons. The van der Waals surface area contributed by atoms with Crippen molar-refractivity contribution in [1.82, 2.24) is 4.90 Å². The van der Waals surface area contributed by atoms with E-state index in [-0.39, 0.29) is 29.2 Å². The van der Waals surface area contributed by atoms with Crippen LogP contribution in [0.4, 0.5) is 0 Å². The van der Waals surface area contributed by atoms with Crippen LogP contribution in [0.2, 0.25) is 0 Å². The average molecular weight is 578 g/mol. The van der Waals surface area contributed by atoms with Gasteiger partial charge < -0.3 is 24.6 Å². The third kappa shape index (κ3) is 6.72. The largest absolute Gasteiger partial charge is 0.508 e. The van der Waals surface area contributed by atoms with Gasteiger partial charge in [0.1, 0.15) is 35.2 Å². The first-order chi connectivity index (χ1) is 20.5. The van der Waals surface area contributed by atoms with E-state index in [9.17, 15) is 19.8 Å². The molecule has 4 aromatic carbocycles. The standard InChI is InChI=1S/C36H35NO6/c1-23-20-27(14-19-30(23)42-22-25-8-6-5-7-9-25)33(39)31-32(26-12-15-28(38)16-13-26)37(35(41)34(31)40)21-24-10-17-29(18-11-24)43-36(2,3)4/h5-20,32,38-39H,21-22H2,1-4H3/b33-31-. The van der Waals surface area contributed by atoms with Crippen LogP contribution >= 0.6 is 0 Å². The van der Waals surface area contributed by atoms with Gasteiger partial charge in [0.2, 0.25) is 0 Å². The second-order valence-electron chi connectivity index (χ2n) is 11.6. The highest BCUT2D eigenvalue weighted by atomic mass is 16.5. The van der Waals surface area contributed by atoms with Gasteiger partial charge in [-0.1, -0.05) is 54.6 Å². The fraction of sp³-hybridized carbons (Fsp3) is 0.222. The number of carbonyl (C=O) groups is 2. The van der Waals surface area contributed by atoms with Crippen molar-refractivity contribution in [3.63, 3.8) is 0 Å². The molecule has 7 nitrogen and oxygen atoms in total. The summed E-state index contributed by atoms with van der Waals surface area (Å²) < 4.78 is 11.9. The lowest BCUT2D eigenvalue weighted by atomic mass is 9.94. The van der Waals surface area contributed by atoms with Crippen molar-refractivity contribution in [3.05, 3.63) is 130 Å². The lowest BCUT2D eigenvalue weighted by Gasteiger charge is -2.26. The number of ether oxygens (including phenoxy) is 2. The van der Waals surface area contributed by atoms with Crippen LogP contribution in [0.3, 0.4) is 0 Å². The summed E-state index contributed by atoms with van der Waals surface area (Å²) in [4.78, 5) is 28.4. The van der Waals surface area contributed by atoms with Crippen molar-refractivity contribution in [2.75, 3.05) is 0 Å². The van der Waals surface area contributed by atoms with Crippen LogP contribution in [-0.2, 0) is 22.7 Å². The molecule has 0 spiro atoms. The van der Waals surface area contributed by atoms with Gasteiger partial charge >= 0.3 is 0 Å². The highest BCUT2D eigenvalue weighted by molar-refractivity contribution is 6.46. The molecule has 1 amide bonds. The number of hydrogen-bond acceptors (Lipinski definition) is 6. The monoisotopic (exact) mass is 577 g/mol. The van der Waals surface area contributed by atoms with Crippen molar-refractivity contribution < 1.29 is 29.3 Å². The molecule has 43 heavy (non-hydrogen) atoms. The molecule has 2 N–H and O–H groups in total. The molecule has 5 rings (SSSR count). The molecule has 1 unspecified atom stereocenters. The number of aromatic hydroxyl groups is 1. The first-order valence-electron chi connectivity index (χ1n) is 14.1. The number of rotatable bonds is 8. The molecular formula is C36H35NO6. The Kier molecular flexibility index (Phi) is 8.26. The Labute approximate surface area is 251 Å². The van der Waals surface area contributed by atoms with Crippen LogP contribution in [0.25, 0.3) is 5.76 Å². The van der Waals surface area contributed by atoms with E-state index in [1.807, 2.05) is 82.3 Å². The van der Waals surface area contributed by atoms with Gasteiger partial charge in [-0.05, 0) is 92.4 Å². The molecule has 1 aliphatic heterocycles. The van der Waals surface area contributed by atoms with Crippen LogP contribution in [0, 0.1) is 6.92 Å². The molecule has 1 saturated heterocycles. The maximum absolute atomic E-state index is 13.5. The van der Waals surface area contributed by atoms with E-state index in [4.69, 9.17) is 9.47 Å². The van der Waals surface area contributed by atoms with Gasteiger partial charge in [-0.2, -0.15) is 0 Å². The summed E-state index contributed by atoms with van der Waals surface area (Å²) in [5, 5.41) is 21.4. The summed E-state index contributed by atoms with van der Waals surface area (Å²) in [5.74, 6) is -0.364. The van der Waals surface area contributed by atoms with E-state index in [1.165, 1.54) is 17.0 Å². The molecule has 1 heterocycles. The quantitative estimate of drug-likeness (QED) is 0.132. The van der Waals surface area contributed by atoms with Crippen LogP contribution in [0.15, 0.2) is 103 Å². The predicted octanol–water partition coefficient (Wildman–Crippen LogP) is 7.08. The van der Waals surface area contributed by atoms with Crippen molar-refractivity contribution in [1.29, 1.82) is 0 Å². The summed E-state index contributed by atoms with van der Waals surface area (Å²) in [6.07, 6.45) is 0. The topological polar surface area (TPSA) is 96.3 Å². The second-order valence-corrected chi connectivity index (χ2v) is 11.6. The Morgan fingerprint density at radius 3 is 2.16 bits per heavy atom. The van der Waals surface area contributed by atoms with Crippen LogP contribution in [-0.4, -0.2) is 32.4 Å². The summed E-state index contributed by atoms with van der Waals surface area (Å²) in [5.41, 5.74) is 3.21. The number of phenols is 1. The Balaban J connectivity index is 1.47. The van der Waals surface area contributed by atoms with E-state index in [1.54, 1.807) is 30.3 Å². The van der Waals surface area contributed by atoms with E-state index in [2.05, 4.69) is 0 Å². The number of benzene rings is 4. The number of likely N-dealkylation sites (tertiary alicyclic amines) is 1. The molecule has 7 heteroatoms. The Morgan fingerprint density at radius 1 is 0.860 bits per heavy atom. The SMILES string of the molecule is Cc1cc(/C(O)=C2/C(=O)C(=O)N(Cc3ccc(OC(C)(C)C)cc3)C2c2ccc(O)cc2)ccc1OCc1ccccc1. The summed E-state index contributed by atoms with van der Waals surface area (Å²) in [6.45, 7) is 8.27. The van der Waals surface area contributed by atoms with Crippen molar-refractivity contribution in [2.45, 2.75) is 52.5 Å². The molecule has 220 valence electrons. The first kappa shape index (κ1) is 29.5. The molecule has 0 aromatic heterocycles. The van der Waals surface area contributed by atoms with Crippen LogP contribution in [0.1, 0.15) is 54.6 Å². The van der Waals surface area contributed by atoms with E-state index in [0.29, 0.717) is 29.2 Å². The fourth-order valence-electron chi connectivity index (χ4n) is 5.11. The summed E-state index contributed by atoms with van der Waals surface area (Å²) >= 11 is 0. The normalized spacial score (nSPS) is 16.4. The Bertz CT molecular complexity index is 1650. The molecule has 0 saturated carbocycles. The van der Waals surface area contributed by atoms with Crippen LogP contribution < -0.4 is 9.47 Å². The second kappa shape index (κ2) is 12.1. The minimum absolute atomic E-state index is 0.0132. The third-order valence-corrected chi connectivity index (χ3v) is 7.13. The van der Waals surface area contributed by atoms with Gasteiger partial charge in [-0.25, -0.2) is 0 Å². The zero-order chi connectivity index (χ0) is 30.7. The zero-order valence-corrected chi connectivity index (χ0v) is 24.7. The average Bonchev–Trinajstić information content (AvgIpc) is 3.22. The smallest absolute Gasteiger partial charge is 0.295 e. The molecule has 0 aliphatic carbocycles. The number of aryl methyl sites for hydroxylation is 1. The van der Waals surface area contributed by atoms with Crippen LogP contribution in [0.5, 0.6) is 17.2 Å². The van der Waals surface area contributed by atoms with E-state index >= 15 is 0 Å². The zero-order valence-electron chi connectivity index (χ0n) is 24.7. The number of hydrogen-bond donors (Lipinski definition) is 2. The number of aliphatic hydroxyl groups is 1. The maximum Gasteiger partial charge on any atom is 0.295 e. The third-order valence-electron chi connectivity index (χ3n) is 7.13. The highest BCUT2D eigenvalue weighted by Crippen LogP contribution is 2.41. The van der Waals surface area contributed by atoms with Gasteiger partial charge in [0, 0.05) is 12.1 Å². The number of nitrogens with zero attached hydrogens (tertiary/aromatic N) is 1. The summed E-state index contributed by atoms with van der Waals surface area (Å²) in [6, 6.07) is 27.8. The molecule has 1 fully saturated rings. The number of Topliss-reactive ketones (excluding diaryl/α,β-unsaturated/α-hetero) is 1. The number of carbonyl (C=O) groups excluding carboxylic acids is 2. The number of ketones is 1. The number of aliphatic hydroxyl groups excluding tert-OH is 1. The highest BCUT2D eigenvalue weighted by Gasteiger charge is 2.46. The molecule has 0 bridgehead atoms. The van der Waals surface area contributed by atoms with Gasteiger partial charge in [0.15, 0.2) is 0 Å². The van der Waals surface area contributed by atoms with Crippen molar-refractivity contribution >= 4 is 17.4 Å². The number of phenolic OH excluding ortho intramolecular Hbond substituents is 1. The van der Waals surface area contributed by atoms with Gasteiger partial charge in [-0.3, -0.25) is 9.59 Å². The van der Waals surface area contributed by atoms with Gasteiger partial charge in [0.25, 0.3) is 11.7 Å². The summed E-state index contributed by atoms with van der Waals surface area (Å²) in [7, 11) is 0. The molecule has 1 aliphatic rings. The van der Waals surface area contributed by atoms with E-state index < -0.39 is 17.7 Å². The number of amides is 1. The maximum atomic E-state index is 13.5. The fourth-order valence-corrected chi connectivity index (χ4v) is 5.11. The first-order valence-corrected chi connectivity index (χ1v) is 14.1. The minimum Gasteiger partial charge on any atom is -0.508 e. The van der Waals surface area contributed by atoms with E-state index in [0.717, 1.165) is 16.7 Å².